The fraction of sp³-hybridized carbons (Fsp3) is 0.667. The van der Waals surface area contributed by atoms with E-state index in [1.165, 1.54) is 28.4 Å². The summed E-state index contributed by atoms with van der Waals surface area (Å²) >= 11 is 0. The molecule has 0 rings (SSSR count). The van der Waals surface area contributed by atoms with Gasteiger partial charge in [-0.25, -0.2) is 0 Å². The summed E-state index contributed by atoms with van der Waals surface area (Å²) in [5.74, 6) is -0.643. The van der Waals surface area contributed by atoms with Crippen molar-refractivity contribution in [1.29, 1.82) is 0 Å². The van der Waals surface area contributed by atoms with E-state index in [1.54, 1.807) is 0 Å². The van der Waals surface area contributed by atoms with Crippen LogP contribution in [0.3, 0.4) is 0 Å². The van der Waals surface area contributed by atoms with Gasteiger partial charge in [0.05, 0.1) is 27.3 Å². The second kappa shape index (κ2) is 5.99. The topological polar surface area (TPSA) is 69.2 Å². The molecule has 0 fully saturated rings. The molecule has 0 N–H and O–H groups in total. The molecule has 0 unspecified atom stereocenters. The number of rotatable bonds is 6. The highest BCUT2D eigenvalue weighted by molar-refractivity contribution is 7.56. The highest BCUT2D eigenvalue weighted by Gasteiger charge is 2.45. The normalized spacial score (nSPS) is 12.8. The minimum atomic E-state index is -2.86. The second-order valence-corrected chi connectivity index (χ2v) is 3.94. The number of ether oxygens (including phenoxy) is 1. The molecule has 0 aromatic heterocycles. The summed E-state index contributed by atoms with van der Waals surface area (Å²) in [4.78, 5) is 0. The zero-order chi connectivity index (χ0) is 10.3. The van der Waals surface area contributed by atoms with Crippen LogP contribution in [0.5, 0.6) is 0 Å². The van der Waals surface area contributed by atoms with Crippen molar-refractivity contribution in [1.82, 2.24) is 0 Å². The van der Waals surface area contributed by atoms with Gasteiger partial charge < -0.3 is 9.84 Å². The molecule has 0 saturated carbocycles. The van der Waals surface area contributed by atoms with E-state index in [9.17, 15) is 5.11 Å². The van der Waals surface area contributed by atoms with Crippen LogP contribution < -0.4 is 5.11 Å². The van der Waals surface area contributed by atoms with Crippen LogP contribution >= 0.6 is 8.17 Å². The lowest BCUT2D eigenvalue weighted by Gasteiger charge is -2.14. The van der Waals surface area contributed by atoms with Gasteiger partial charge in [-0.2, -0.15) is 0 Å². The first-order valence-corrected chi connectivity index (χ1v) is 4.76. The third-order valence-electron chi connectivity index (χ3n) is 1.15. The van der Waals surface area contributed by atoms with Gasteiger partial charge in [0.1, 0.15) is 0 Å². The summed E-state index contributed by atoms with van der Waals surface area (Å²) < 4.78 is 23.7. The molecular weight excluding hydrogens is 199 g/mol. The minimum absolute atomic E-state index is 0.643. The van der Waals surface area contributed by atoms with E-state index in [1.807, 2.05) is 0 Å². The Morgan fingerprint density at radius 3 is 1.85 bits per heavy atom. The van der Waals surface area contributed by atoms with Gasteiger partial charge in [0, 0.05) is 0 Å². The molecule has 0 aliphatic carbocycles. The Kier molecular flexibility index (Phi) is 5.73. The van der Waals surface area contributed by atoms with E-state index in [0.717, 1.165) is 6.26 Å². The highest BCUT2D eigenvalue weighted by atomic mass is 31.2. The number of hydrogen-bond donors (Lipinski definition) is 0. The Morgan fingerprint density at radius 1 is 1.08 bits per heavy atom. The van der Waals surface area contributed by atoms with Gasteiger partial charge in [-0.15, -0.1) is 13.6 Å². The van der Waals surface area contributed by atoms with Gasteiger partial charge in [-0.3, -0.25) is 4.52 Å². The summed E-state index contributed by atoms with van der Waals surface area (Å²) in [7, 11) is 2.43. The maximum Gasteiger partial charge on any atom is 0.620 e. The van der Waals surface area contributed by atoms with Gasteiger partial charge in [0.2, 0.25) is 0 Å². The summed E-state index contributed by atoms with van der Waals surface area (Å²) in [6.07, 6.45) is 0.838. The van der Waals surface area contributed by atoms with E-state index in [4.69, 9.17) is 18.1 Å². The van der Waals surface area contributed by atoms with Crippen LogP contribution in [0.25, 0.3) is 0 Å². The average Bonchev–Trinajstić information content (AvgIpc) is 2.20. The maximum absolute atomic E-state index is 10.7. The Balaban J connectivity index is 4.25. The van der Waals surface area contributed by atoms with Gasteiger partial charge in [0.25, 0.3) is 0 Å². The lowest BCUT2D eigenvalue weighted by Crippen LogP contribution is -2.08. The van der Waals surface area contributed by atoms with Gasteiger partial charge >= 0.3 is 8.17 Å². The third-order valence-corrected chi connectivity index (χ3v) is 2.86. The molecule has 7 heteroatoms. The van der Waals surface area contributed by atoms with Gasteiger partial charge in [-0.1, -0.05) is 0 Å². The Labute approximate surface area is 77.7 Å². The predicted octanol–water partition coefficient (Wildman–Crippen LogP) is 0.425. The number of hydrogen-bond acceptors (Lipinski definition) is 6. The molecule has 0 aliphatic rings. The van der Waals surface area contributed by atoms with E-state index in [2.05, 4.69) is 4.74 Å². The third kappa shape index (κ3) is 3.78. The molecule has 0 aromatic rings. The largest absolute Gasteiger partial charge is 0.620 e. The smallest absolute Gasteiger partial charge is 0.614 e. The fourth-order valence-corrected chi connectivity index (χ4v) is 1.43. The first-order chi connectivity index (χ1) is 6.14. The first kappa shape index (κ1) is 12.4. The van der Waals surface area contributed by atoms with Crippen LogP contribution in [-0.2, 0) is 22.8 Å². The van der Waals surface area contributed by atoms with Crippen molar-refractivity contribution in [2.45, 2.75) is 0 Å². The van der Waals surface area contributed by atoms with E-state index in [-0.39, 0.29) is 0 Å². The molecule has 0 saturated heterocycles. The highest BCUT2D eigenvalue weighted by Crippen LogP contribution is 2.61. The predicted molar refractivity (Wildman–Crippen MR) is 44.1 cm³/mol. The summed E-state index contributed by atoms with van der Waals surface area (Å²) in [6, 6.07) is 0. The summed E-state index contributed by atoms with van der Waals surface area (Å²) in [5.41, 5.74) is 0. The Morgan fingerprint density at radius 2 is 1.54 bits per heavy atom. The minimum Gasteiger partial charge on any atom is -0.614 e. The van der Waals surface area contributed by atoms with Crippen molar-refractivity contribution in [3.63, 3.8) is 0 Å². The van der Waals surface area contributed by atoms with E-state index < -0.39 is 14.1 Å². The zero-order valence-electron chi connectivity index (χ0n) is 7.97. The fourth-order valence-electron chi connectivity index (χ4n) is 0.508. The zero-order valence-corrected chi connectivity index (χ0v) is 8.87. The molecule has 0 amide bonds. The molecule has 78 valence electrons. The van der Waals surface area contributed by atoms with Crippen LogP contribution in [0.2, 0.25) is 0 Å². The summed E-state index contributed by atoms with van der Waals surface area (Å²) in [5, 5.41) is 10.7. The molecule has 6 nitrogen and oxygen atoms in total. The molecule has 0 atom stereocenters. The van der Waals surface area contributed by atoms with Crippen molar-refractivity contribution in [2.75, 3.05) is 28.4 Å². The van der Waals surface area contributed by atoms with E-state index in [0.29, 0.717) is 0 Å². The van der Waals surface area contributed by atoms with Crippen LogP contribution in [-0.4, -0.2) is 28.4 Å². The quantitative estimate of drug-likeness (QED) is 0.469. The molecule has 0 heterocycles. The van der Waals surface area contributed by atoms with Crippen molar-refractivity contribution in [3.05, 3.63) is 12.2 Å². The lowest BCUT2D eigenvalue weighted by molar-refractivity contribution is -0.355. The van der Waals surface area contributed by atoms with Crippen molar-refractivity contribution >= 4 is 8.17 Å². The average molecular weight is 212 g/mol. The molecule has 0 spiro atoms. The standard InChI is InChI=1S/C6H13O6P/c1-8-6(7)5-12-13(9-2,10-3)11-4/h5H,1-4H3/b6-5+. The Hall–Kier alpha value is -0.550. The Bertz CT molecular complexity index is 158. The lowest BCUT2D eigenvalue weighted by atomic mass is 11.0. The summed E-state index contributed by atoms with van der Waals surface area (Å²) in [6.45, 7) is 0. The molecular formula is C6H13O6P. The monoisotopic (exact) mass is 212 g/mol. The number of methoxy groups -OCH3 is 1. The molecule has 13 heavy (non-hydrogen) atoms. The molecule has 0 aliphatic heterocycles. The maximum atomic E-state index is 10.7. The SMILES string of the molecule is CO/C([O-])=C/O[P+](OC)(OC)OC. The van der Waals surface area contributed by atoms with Gasteiger partial charge in [-0.05, 0) is 7.11 Å². The molecule has 0 bridgehead atoms. The molecule has 0 radical (unpaired) electrons. The van der Waals surface area contributed by atoms with Crippen molar-refractivity contribution in [3.8, 4) is 0 Å². The molecule has 0 aromatic carbocycles. The van der Waals surface area contributed by atoms with Crippen LogP contribution in [0.1, 0.15) is 0 Å². The van der Waals surface area contributed by atoms with Crippen LogP contribution in [0.4, 0.5) is 0 Å². The van der Waals surface area contributed by atoms with Gasteiger partial charge in [0.15, 0.2) is 6.26 Å². The second-order valence-electron chi connectivity index (χ2n) is 1.74. The van der Waals surface area contributed by atoms with Crippen molar-refractivity contribution in [2.24, 2.45) is 0 Å². The first-order valence-electron chi connectivity index (χ1n) is 3.30. The van der Waals surface area contributed by atoms with Crippen molar-refractivity contribution < 1.29 is 27.9 Å². The van der Waals surface area contributed by atoms with Crippen LogP contribution in [0, 0.1) is 0 Å². The van der Waals surface area contributed by atoms with Crippen LogP contribution in [0.15, 0.2) is 12.2 Å². The van der Waals surface area contributed by atoms with E-state index >= 15 is 0 Å².